The van der Waals surface area contributed by atoms with E-state index in [-0.39, 0.29) is 24.1 Å². The van der Waals surface area contributed by atoms with Gasteiger partial charge in [0.1, 0.15) is 0 Å². The lowest BCUT2D eigenvalue weighted by Crippen LogP contribution is -2.05. The van der Waals surface area contributed by atoms with Gasteiger partial charge in [-0.2, -0.15) is 0 Å². The molecule has 1 aromatic rings. The Morgan fingerprint density at radius 3 is 2.70 bits per heavy atom. The van der Waals surface area contributed by atoms with E-state index in [9.17, 15) is 9.59 Å². The van der Waals surface area contributed by atoms with Gasteiger partial charge in [0, 0.05) is 16.6 Å². The summed E-state index contributed by atoms with van der Waals surface area (Å²) in [5, 5.41) is 8.89. The van der Waals surface area contributed by atoms with Crippen LogP contribution in [0.1, 0.15) is 25.3 Å². The van der Waals surface area contributed by atoms with Crippen LogP contribution in [-0.4, -0.2) is 29.4 Å². The molecule has 0 radical (unpaired) electrons. The second-order valence-corrected chi connectivity index (χ2v) is 6.96. The van der Waals surface area contributed by atoms with E-state index in [0.717, 1.165) is 10.5 Å². The lowest BCUT2D eigenvalue weighted by molar-refractivity contribution is -0.140. The van der Waals surface area contributed by atoms with Crippen molar-refractivity contribution in [1.29, 1.82) is 0 Å². The number of carbonyl (C=O) groups is 2. The first-order valence-corrected chi connectivity index (χ1v) is 8.44. The molecule has 0 aliphatic heterocycles. The fourth-order valence-corrected chi connectivity index (χ4v) is 3.91. The Bertz CT molecular complexity index is 462. The maximum atomic E-state index is 11.3. The standard InChI is InChI=1S/C14H18O4S2/c1-10(7-8-13(15)16)19-20-12-6-4-3-5-11(12)9-14(17)18-2/h3-6,10H,7-9H2,1-2H3,(H,15,16). The van der Waals surface area contributed by atoms with Gasteiger partial charge in [0.05, 0.1) is 13.5 Å². The van der Waals surface area contributed by atoms with Gasteiger partial charge in [0.25, 0.3) is 0 Å². The quantitative estimate of drug-likeness (QED) is 0.586. The van der Waals surface area contributed by atoms with Crippen LogP contribution in [0.4, 0.5) is 0 Å². The highest BCUT2D eigenvalue weighted by Crippen LogP contribution is 2.37. The molecule has 20 heavy (non-hydrogen) atoms. The molecular formula is C14H18O4S2. The molecule has 0 heterocycles. The Morgan fingerprint density at radius 1 is 1.35 bits per heavy atom. The zero-order chi connectivity index (χ0) is 15.0. The fraction of sp³-hybridized carbons (Fsp3) is 0.429. The first-order chi connectivity index (χ1) is 9.52. The number of methoxy groups -OCH3 is 1. The number of hydrogen-bond acceptors (Lipinski definition) is 5. The summed E-state index contributed by atoms with van der Waals surface area (Å²) in [5.41, 5.74) is 0.933. The van der Waals surface area contributed by atoms with Crippen molar-refractivity contribution in [2.45, 2.75) is 36.3 Å². The van der Waals surface area contributed by atoms with Gasteiger partial charge in [-0.1, -0.05) is 46.7 Å². The normalized spacial score (nSPS) is 11.9. The van der Waals surface area contributed by atoms with E-state index in [2.05, 4.69) is 4.74 Å². The van der Waals surface area contributed by atoms with Gasteiger partial charge >= 0.3 is 11.9 Å². The molecule has 1 atom stereocenters. The van der Waals surface area contributed by atoms with Crippen molar-refractivity contribution in [3.05, 3.63) is 29.8 Å². The number of carboxylic acid groups (broad SMARTS) is 1. The summed E-state index contributed by atoms with van der Waals surface area (Å²) in [4.78, 5) is 22.9. The predicted octanol–water partition coefficient (Wildman–Crippen LogP) is 3.40. The summed E-state index contributed by atoms with van der Waals surface area (Å²) in [6.07, 6.45) is 1.06. The molecule has 0 aromatic heterocycles. The molecule has 1 N–H and O–H groups in total. The summed E-state index contributed by atoms with van der Waals surface area (Å²) in [7, 11) is 4.57. The van der Waals surface area contributed by atoms with Crippen LogP contribution >= 0.6 is 21.6 Å². The highest BCUT2D eigenvalue weighted by Gasteiger charge is 2.11. The molecule has 0 spiro atoms. The first kappa shape index (κ1) is 16.9. The smallest absolute Gasteiger partial charge is 0.310 e. The van der Waals surface area contributed by atoms with Gasteiger partial charge in [-0.05, 0) is 18.1 Å². The molecule has 4 nitrogen and oxygen atoms in total. The van der Waals surface area contributed by atoms with E-state index in [1.165, 1.54) is 7.11 Å². The molecule has 0 saturated heterocycles. The van der Waals surface area contributed by atoms with E-state index in [0.29, 0.717) is 6.42 Å². The van der Waals surface area contributed by atoms with Gasteiger partial charge in [-0.25, -0.2) is 0 Å². The van der Waals surface area contributed by atoms with Crippen LogP contribution in [0.3, 0.4) is 0 Å². The number of rotatable bonds is 8. The molecule has 0 aliphatic carbocycles. The van der Waals surface area contributed by atoms with Gasteiger partial charge in [-0.3, -0.25) is 9.59 Å². The number of aliphatic carboxylic acids is 1. The summed E-state index contributed by atoms with van der Waals surface area (Å²) in [6, 6.07) is 7.67. The lowest BCUT2D eigenvalue weighted by Gasteiger charge is -2.11. The lowest BCUT2D eigenvalue weighted by atomic mass is 10.1. The van der Waals surface area contributed by atoms with E-state index in [4.69, 9.17) is 5.11 Å². The zero-order valence-electron chi connectivity index (χ0n) is 11.5. The molecular weight excluding hydrogens is 296 g/mol. The number of hydrogen-bond donors (Lipinski definition) is 1. The highest BCUT2D eigenvalue weighted by molar-refractivity contribution is 8.76. The average molecular weight is 314 g/mol. The summed E-state index contributed by atoms with van der Waals surface area (Å²) < 4.78 is 4.68. The van der Waals surface area contributed by atoms with Crippen LogP contribution in [0.15, 0.2) is 29.2 Å². The van der Waals surface area contributed by atoms with E-state index >= 15 is 0 Å². The van der Waals surface area contributed by atoms with Gasteiger partial charge in [0.15, 0.2) is 0 Å². The monoisotopic (exact) mass is 314 g/mol. The Hall–Kier alpha value is -1.14. The molecule has 1 aromatic carbocycles. The van der Waals surface area contributed by atoms with Crippen molar-refractivity contribution in [3.8, 4) is 0 Å². The second kappa shape index (κ2) is 8.92. The van der Waals surface area contributed by atoms with Crippen molar-refractivity contribution < 1.29 is 19.4 Å². The zero-order valence-corrected chi connectivity index (χ0v) is 13.1. The molecule has 1 unspecified atom stereocenters. The Labute approximate surface area is 126 Å². The molecule has 0 saturated carbocycles. The number of carbonyl (C=O) groups excluding carboxylic acids is 1. The Morgan fingerprint density at radius 2 is 2.05 bits per heavy atom. The van der Waals surface area contributed by atoms with Gasteiger partial charge in [-0.15, -0.1) is 0 Å². The maximum Gasteiger partial charge on any atom is 0.310 e. The Kier molecular flexibility index (Phi) is 7.54. The topological polar surface area (TPSA) is 63.6 Å². The summed E-state index contributed by atoms with van der Waals surface area (Å²) in [6.45, 7) is 2.00. The van der Waals surface area contributed by atoms with E-state index < -0.39 is 5.97 Å². The Balaban J connectivity index is 2.54. The molecule has 0 fully saturated rings. The summed E-state index contributed by atoms with van der Waals surface area (Å²) >= 11 is 0. The largest absolute Gasteiger partial charge is 0.481 e. The van der Waals surface area contributed by atoms with Crippen molar-refractivity contribution in [1.82, 2.24) is 0 Å². The fourth-order valence-electron chi connectivity index (χ4n) is 1.47. The molecule has 6 heteroatoms. The second-order valence-electron chi connectivity index (χ2n) is 4.28. The van der Waals surface area contributed by atoms with Gasteiger partial charge < -0.3 is 9.84 Å². The first-order valence-electron chi connectivity index (χ1n) is 6.22. The predicted molar refractivity (Wildman–Crippen MR) is 81.9 cm³/mol. The van der Waals surface area contributed by atoms with Crippen LogP contribution in [0.5, 0.6) is 0 Å². The van der Waals surface area contributed by atoms with Crippen LogP contribution in [0.25, 0.3) is 0 Å². The van der Waals surface area contributed by atoms with Crippen molar-refractivity contribution in [3.63, 3.8) is 0 Å². The van der Waals surface area contributed by atoms with Gasteiger partial charge in [0.2, 0.25) is 0 Å². The number of esters is 1. The molecule has 0 amide bonds. The average Bonchev–Trinajstić information content (AvgIpc) is 2.44. The number of ether oxygens (including phenoxy) is 1. The van der Waals surface area contributed by atoms with Crippen molar-refractivity contribution in [2.24, 2.45) is 0 Å². The van der Waals surface area contributed by atoms with Crippen LogP contribution in [-0.2, 0) is 20.7 Å². The summed E-state index contributed by atoms with van der Waals surface area (Å²) in [5.74, 6) is -1.03. The number of carboxylic acids is 1. The van der Waals surface area contributed by atoms with Crippen LogP contribution in [0, 0.1) is 0 Å². The minimum absolute atomic E-state index is 0.179. The molecule has 0 aliphatic rings. The van der Waals surface area contributed by atoms with E-state index in [1.807, 2.05) is 31.2 Å². The molecule has 0 bridgehead atoms. The van der Waals surface area contributed by atoms with Crippen molar-refractivity contribution in [2.75, 3.05) is 7.11 Å². The number of benzene rings is 1. The highest BCUT2D eigenvalue weighted by atomic mass is 33.1. The third-order valence-electron chi connectivity index (χ3n) is 2.60. The van der Waals surface area contributed by atoms with Crippen LogP contribution < -0.4 is 0 Å². The molecule has 110 valence electrons. The van der Waals surface area contributed by atoms with Crippen molar-refractivity contribution >= 4 is 33.5 Å². The third kappa shape index (κ3) is 6.34. The van der Waals surface area contributed by atoms with Crippen LogP contribution in [0.2, 0.25) is 0 Å². The maximum absolute atomic E-state index is 11.3. The third-order valence-corrected chi connectivity index (χ3v) is 5.65. The molecule has 1 rings (SSSR count). The minimum atomic E-state index is -0.770. The SMILES string of the molecule is COC(=O)Cc1ccccc1SSC(C)CCC(=O)O. The van der Waals surface area contributed by atoms with E-state index in [1.54, 1.807) is 21.6 Å². The minimum Gasteiger partial charge on any atom is -0.481 e.